The van der Waals surface area contributed by atoms with Crippen molar-refractivity contribution in [1.29, 1.82) is 0 Å². The number of carbonyl (C=O) groups is 1. The zero-order valence-corrected chi connectivity index (χ0v) is 14.9. The largest absolute Gasteiger partial charge is 0.440 e. The average molecular weight is 360 g/mol. The molecule has 136 valence electrons. The molecule has 0 radical (unpaired) electrons. The maximum atomic E-state index is 12.2. The second kappa shape index (κ2) is 6.54. The lowest BCUT2D eigenvalue weighted by molar-refractivity contribution is -0.116. The molecule has 2 aromatic carbocycles. The molecule has 0 bridgehead atoms. The molecule has 5 rings (SSSR count). The van der Waals surface area contributed by atoms with Gasteiger partial charge in [0.2, 0.25) is 5.91 Å². The first-order valence-electron chi connectivity index (χ1n) is 9.38. The van der Waals surface area contributed by atoms with Crippen molar-refractivity contribution in [2.75, 3.05) is 5.32 Å². The Labute approximate surface area is 156 Å². The molecular formula is C21H20N4O2. The Morgan fingerprint density at radius 2 is 2.04 bits per heavy atom. The van der Waals surface area contributed by atoms with Crippen molar-refractivity contribution < 1.29 is 9.21 Å². The number of carbonyl (C=O) groups excluding carboxylic acids is 1. The molecule has 4 aromatic rings. The van der Waals surface area contributed by atoms with E-state index >= 15 is 0 Å². The van der Waals surface area contributed by atoms with E-state index in [2.05, 4.69) is 20.3 Å². The Hall–Kier alpha value is -3.15. The van der Waals surface area contributed by atoms with Gasteiger partial charge in [0.25, 0.3) is 0 Å². The molecule has 1 aliphatic carbocycles. The van der Waals surface area contributed by atoms with E-state index < -0.39 is 0 Å². The number of nitrogens with zero attached hydrogens (tertiary/aromatic N) is 2. The predicted molar refractivity (Wildman–Crippen MR) is 104 cm³/mol. The molecule has 6 heteroatoms. The molecule has 0 atom stereocenters. The topological polar surface area (TPSA) is 83.8 Å². The van der Waals surface area contributed by atoms with E-state index in [4.69, 9.17) is 4.42 Å². The number of hydrogen-bond donors (Lipinski definition) is 2. The summed E-state index contributed by atoms with van der Waals surface area (Å²) in [5.74, 6) is 2.21. The van der Waals surface area contributed by atoms with Crippen molar-refractivity contribution in [2.45, 2.75) is 38.0 Å². The SMILES string of the molecule is O=C(CCCc1nc2ccccc2[nH]1)Nc1ccc2oc(C3CC3)nc2c1. The number of nitrogens with one attached hydrogen (secondary N) is 2. The number of hydrogen-bond acceptors (Lipinski definition) is 4. The van der Waals surface area contributed by atoms with Gasteiger partial charge in [-0.25, -0.2) is 9.97 Å². The van der Waals surface area contributed by atoms with Crippen LogP contribution in [0, 0.1) is 0 Å². The third kappa shape index (κ3) is 3.43. The van der Waals surface area contributed by atoms with Crippen molar-refractivity contribution in [3.63, 3.8) is 0 Å². The Morgan fingerprint density at radius 1 is 1.15 bits per heavy atom. The number of aromatic nitrogens is 3. The highest BCUT2D eigenvalue weighted by Gasteiger charge is 2.28. The molecule has 27 heavy (non-hydrogen) atoms. The van der Waals surface area contributed by atoms with E-state index in [0.717, 1.165) is 65.2 Å². The highest BCUT2D eigenvalue weighted by atomic mass is 16.3. The van der Waals surface area contributed by atoms with Crippen LogP contribution in [0.3, 0.4) is 0 Å². The van der Waals surface area contributed by atoms with E-state index in [-0.39, 0.29) is 5.91 Å². The zero-order chi connectivity index (χ0) is 18.2. The van der Waals surface area contributed by atoms with Gasteiger partial charge in [-0.1, -0.05) is 12.1 Å². The second-order valence-corrected chi connectivity index (χ2v) is 7.11. The van der Waals surface area contributed by atoms with Crippen molar-refractivity contribution in [2.24, 2.45) is 0 Å². The summed E-state index contributed by atoms with van der Waals surface area (Å²) in [6.45, 7) is 0. The average Bonchev–Trinajstić information content (AvgIpc) is 3.29. The maximum Gasteiger partial charge on any atom is 0.224 e. The van der Waals surface area contributed by atoms with Crippen LogP contribution >= 0.6 is 0 Å². The highest BCUT2D eigenvalue weighted by molar-refractivity contribution is 5.92. The minimum absolute atomic E-state index is 0.00336. The Balaban J connectivity index is 1.18. The Bertz CT molecular complexity index is 1090. The van der Waals surface area contributed by atoms with Gasteiger partial charge in [0, 0.05) is 24.4 Å². The maximum absolute atomic E-state index is 12.2. The van der Waals surface area contributed by atoms with Crippen molar-refractivity contribution in [3.8, 4) is 0 Å². The van der Waals surface area contributed by atoms with Crippen LogP contribution in [-0.4, -0.2) is 20.9 Å². The number of imidazole rings is 1. The fourth-order valence-electron chi connectivity index (χ4n) is 3.29. The number of rotatable bonds is 6. The summed E-state index contributed by atoms with van der Waals surface area (Å²) in [5, 5.41) is 2.95. The van der Waals surface area contributed by atoms with Crippen LogP contribution in [0.15, 0.2) is 46.9 Å². The molecule has 2 aromatic heterocycles. The number of aromatic amines is 1. The minimum Gasteiger partial charge on any atom is -0.440 e. The number of benzene rings is 2. The first kappa shape index (κ1) is 16.1. The van der Waals surface area contributed by atoms with Crippen LogP contribution in [0.5, 0.6) is 0 Å². The summed E-state index contributed by atoms with van der Waals surface area (Å²) in [6, 6.07) is 13.6. The van der Waals surface area contributed by atoms with Gasteiger partial charge < -0.3 is 14.7 Å². The lowest BCUT2D eigenvalue weighted by Gasteiger charge is -2.04. The van der Waals surface area contributed by atoms with Gasteiger partial charge in [0.05, 0.1) is 11.0 Å². The van der Waals surface area contributed by atoms with Crippen LogP contribution in [-0.2, 0) is 11.2 Å². The van der Waals surface area contributed by atoms with Crippen LogP contribution in [0.4, 0.5) is 5.69 Å². The molecule has 0 spiro atoms. The smallest absolute Gasteiger partial charge is 0.224 e. The molecule has 0 unspecified atom stereocenters. The third-order valence-electron chi connectivity index (χ3n) is 4.87. The van der Waals surface area contributed by atoms with E-state index in [1.54, 1.807) is 0 Å². The van der Waals surface area contributed by atoms with Gasteiger partial charge in [-0.3, -0.25) is 4.79 Å². The fraction of sp³-hybridized carbons (Fsp3) is 0.286. The Kier molecular flexibility index (Phi) is 3.89. The number of H-pyrrole nitrogens is 1. The van der Waals surface area contributed by atoms with Gasteiger partial charge in [0.15, 0.2) is 11.5 Å². The van der Waals surface area contributed by atoms with Gasteiger partial charge >= 0.3 is 0 Å². The summed E-state index contributed by atoms with van der Waals surface area (Å²) >= 11 is 0. The number of oxazole rings is 1. The number of anilines is 1. The minimum atomic E-state index is -0.00336. The molecule has 2 N–H and O–H groups in total. The number of para-hydroxylation sites is 2. The van der Waals surface area contributed by atoms with Crippen LogP contribution in [0.1, 0.15) is 43.3 Å². The van der Waals surface area contributed by atoms with E-state index in [0.29, 0.717) is 12.3 Å². The molecule has 1 amide bonds. The van der Waals surface area contributed by atoms with E-state index in [1.165, 1.54) is 0 Å². The van der Waals surface area contributed by atoms with Gasteiger partial charge in [-0.05, 0) is 49.6 Å². The molecule has 1 fully saturated rings. The second-order valence-electron chi connectivity index (χ2n) is 7.11. The summed E-state index contributed by atoms with van der Waals surface area (Å²) in [5.41, 5.74) is 4.33. The monoisotopic (exact) mass is 360 g/mol. The summed E-state index contributed by atoms with van der Waals surface area (Å²) < 4.78 is 5.76. The highest BCUT2D eigenvalue weighted by Crippen LogP contribution is 2.40. The first-order valence-corrected chi connectivity index (χ1v) is 9.38. The molecule has 1 saturated carbocycles. The van der Waals surface area contributed by atoms with Crippen molar-refractivity contribution in [3.05, 3.63) is 54.2 Å². The molecular weight excluding hydrogens is 340 g/mol. The predicted octanol–water partition coefficient (Wildman–Crippen LogP) is 4.54. The summed E-state index contributed by atoms with van der Waals surface area (Å²) in [4.78, 5) is 24.6. The standard InChI is InChI=1S/C21H20N4O2/c26-20(7-3-6-19-23-15-4-1-2-5-16(15)24-19)22-14-10-11-18-17(12-14)25-21(27-18)13-8-9-13/h1-2,4-5,10-13H,3,6-9H2,(H,22,26)(H,23,24). The third-order valence-corrected chi connectivity index (χ3v) is 4.87. The molecule has 0 saturated heterocycles. The van der Waals surface area contributed by atoms with Crippen LogP contribution in [0.25, 0.3) is 22.1 Å². The van der Waals surface area contributed by atoms with Gasteiger partial charge in [-0.2, -0.15) is 0 Å². The molecule has 6 nitrogen and oxygen atoms in total. The normalized spacial score (nSPS) is 14.1. The zero-order valence-electron chi connectivity index (χ0n) is 14.9. The molecule has 2 heterocycles. The van der Waals surface area contributed by atoms with Crippen LogP contribution < -0.4 is 5.32 Å². The molecule has 1 aliphatic rings. The van der Waals surface area contributed by atoms with Gasteiger partial charge in [-0.15, -0.1) is 0 Å². The fourth-order valence-corrected chi connectivity index (χ4v) is 3.29. The van der Waals surface area contributed by atoms with Crippen molar-refractivity contribution >= 4 is 33.7 Å². The number of fused-ring (bicyclic) bond motifs is 2. The van der Waals surface area contributed by atoms with Crippen molar-refractivity contribution in [1.82, 2.24) is 15.0 Å². The number of aryl methyl sites for hydroxylation is 1. The summed E-state index contributed by atoms with van der Waals surface area (Å²) in [6.07, 6.45) is 4.24. The lowest BCUT2D eigenvalue weighted by Crippen LogP contribution is -2.11. The first-order chi connectivity index (χ1) is 13.2. The number of amides is 1. The molecule has 0 aliphatic heterocycles. The Morgan fingerprint density at radius 3 is 2.89 bits per heavy atom. The van der Waals surface area contributed by atoms with Gasteiger partial charge in [0.1, 0.15) is 11.3 Å². The lowest BCUT2D eigenvalue weighted by atomic mass is 10.2. The van der Waals surface area contributed by atoms with E-state index in [1.807, 2.05) is 42.5 Å². The summed E-state index contributed by atoms with van der Waals surface area (Å²) in [7, 11) is 0. The quantitative estimate of drug-likeness (QED) is 0.529. The van der Waals surface area contributed by atoms with Crippen LogP contribution in [0.2, 0.25) is 0 Å². The van der Waals surface area contributed by atoms with E-state index in [9.17, 15) is 4.79 Å².